The lowest BCUT2D eigenvalue weighted by molar-refractivity contribution is 1.64. The lowest BCUT2D eigenvalue weighted by atomic mass is 10.3. The van der Waals surface area contributed by atoms with Crippen molar-refractivity contribution in [1.29, 1.82) is 0 Å². The third-order valence-corrected chi connectivity index (χ3v) is 10.5. The van der Waals surface area contributed by atoms with Crippen molar-refractivity contribution in [3.63, 3.8) is 0 Å². The summed E-state index contributed by atoms with van der Waals surface area (Å²) in [7, 11) is -2.46. The summed E-state index contributed by atoms with van der Waals surface area (Å²) in [5.74, 6) is 0. The molecule has 0 N–H and O–H groups in total. The van der Waals surface area contributed by atoms with E-state index in [9.17, 15) is 0 Å². The van der Waals surface area contributed by atoms with Crippen molar-refractivity contribution in [3.05, 3.63) is 119 Å². The van der Waals surface area contributed by atoms with E-state index in [1.54, 1.807) is 0 Å². The molecule has 0 saturated carbocycles. The van der Waals surface area contributed by atoms with Crippen LogP contribution >= 0.6 is 27.5 Å². The molecule has 0 radical (unpaired) electrons. The molecule has 0 fully saturated rings. The lowest BCUT2D eigenvalue weighted by Crippen LogP contribution is -2.74. The van der Waals surface area contributed by atoms with Gasteiger partial charge < -0.3 is 0 Å². The summed E-state index contributed by atoms with van der Waals surface area (Å²) in [5, 5.41) is 6.09. The van der Waals surface area contributed by atoms with Crippen LogP contribution in [-0.4, -0.2) is 8.07 Å². The van der Waals surface area contributed by atoms with E-state index in [1.807, 2.05) is 6.07 Å². The monoisotopic (exact) mass is 448 g/mol. The van der Waals surface area contributed by atoms with E-state index in [2.05, 4.69) is 119 Å². The molecule has 0 amide bonds. The van der Waals surface area contributed by atoms with Crippen molar-refractivity contribution < 1.29 is 0 Å². The minimum atomic E-state index is -2.46. The zero-order chi connectivity index (χ0) is 18.7. The molecule has 0 aliphatic carbocycles. The molecule has 0 aromatic heterocycles. The number of hydrogen-bond acceptors (Lipinski definition) is 0. The van der Waals surface area contributed by atoms with E-state index >= 15 is 0 Å². The van der Waals surface area contributed by atoms with Crippen molar-refractivity contribution in [2.45, 2.75) is 0 Å². The summed E-state index contributed by atoms with van der Waals surface area (Å²) >= 11 is 10.0. The molecule has 0 aliphatic heterocycles. The van der Waals surface area contributed by atoms with Crippen LogP contribution in [0.4, 0.5) is 0 Å². The predicted octanol–water partition coefficient (Wildman–Crippen LogP) is 4.48. The third kappa shape index (κ3) is 3.41. The second kappa shape index (κ2) is 7.85. The van der Waals surface area contributed by atoms with E-state index < -0.39 is 8.07 Å². The topological polar surface area (TPSA) is 0 Å². The number of hydrogen-bond donors (Lipinski definition) is 0. The molecular formula is C24H18BrClSi. The van der Waals surface area contributed by atoms with Gasteiger partial charge in [-0.25, -0.2) is 0 Å². The first-order chi connectivity index (χ1) is 13.2. The zero-order valence-electron chi connectivity index (χ0n) is 14.6. The van der Waals surface area contributed by atoms with Crippen molar-refractivity contribution in [1.82, 2.24) is 0 Å². The Labute approximate surface area is 174 Å². The maximum atomic E-state index is 6.45. The Kier molecular flexibility index (Phi) is 5.30. The smallest absolute Gasteiger partial charge is 0.0843 e. The van der Waals surface area contributed by atoms with E-state index in [-0.39, 0.29) is 0 Å². The number of rotatable bonds is 4. The molecule has 0 spiro atoms. The molecular weight excluding hydrogens is 432 g/mol. The Morgan fingerprint density at radius 2 is 1.00 bits per heavy atom. The molecule has 4 rings (SSSR count). The highest BCUT2D eigenvalue weighted by Crippen LogP contribution is 2.14. The molecule has 0 saturated heterocycles. The van der Waals surface area contributed by atoms with Gasteiger partial charge in [-0.1, -0.05) is 112 Å². The molecule has 0 heterocycles. The highest BCUT2D eigenvalue weighted by molar-refractivity contribution is 9.10. The highest BCUT2D eigenvalue weighted by atomic mass is 79.9. The summed E-state index contributed by atoms with van der Waals surface area (Å²) in [4.78, 5) is 0. The Morgan fingerprint density at radius 3 is 1.52 bits per heavy atom. The Bertz CT molecular complexity index is 991. The lowest BCUT2D eigenvalue weighted by Gasteiger charge is -2.34. The molecule has 27 heavy (non-hydrogen) atoms. The fourth-order valence-electron chi connectivity index (χ4n) is 3.80. The minimum absolute atomic E-state index is 0.772. The van der Waals surface area contributed by atoms with Gasteiger partial charge in [0.05, 0.1) is 0 Å². The molecule has 0 nitrogen and oxygen atoms in total. The van der Waals surface area contributed by atoms with E-state index in [0.717, 1.165) is 9.50 Å². The second-order valence-electron chi connectivity index (χ2n) is 6.50. The van der Waals surface area contributed by atoms with Gasteiger partial charge in [0.25, 0.3) is 0 Å². The van der Waals surface area contributed by atoms with Crippen LogP contribution in [0.1, 0.15) is 0 Å². The third-order valence-electron chi connectivity index (χ3n) is 4.95. The van der Waals surface area contributed by atoms with Crippen LogP contribution in [-0.2, 0) is 0 Å². The summed E-state index contributed by atoms with van der Waals surface area (Å²) in [6.07, 6.45) is 0. The maximum Gasteiger partial charge on any atom is 0.179 e. The van der Waals surface area contributed by atoms with E-state index in [0.29, 0.717) is 0 Å². The van der Waals surface area contributed by atoms with Crippen molar-refractivity contribution in [2.24, 2.45) is 0 Å². The van der Waals surface area contributed by atoms with Gasteiger partial charge in [0, 0.05) is 9.50 Å². The molecule has 0 unspecified atom stereocenters. The molecule has 3 heteroatoms. The van der Waals surface area contributed by atoms with Crippen LogP contribution in [0.2, 0.25) is 5.02 Å². The van der Waals surface area contributed by atoms with Crippen molar-refractivity contribution in [2.75, 3.05) is 0 Å². The van der Waals surface area contributed by atoms with Crippen molar-refractivity contribution >= 4 is 56.4 Å². The van der Waals surface area contributed by atoms with Crippen LogP contribution in [0.25, 0.3) is 0 Å². The number of benzene rings is 4. The average molecular weight is 450 g/mol. The Hall–Kier alpha value is -2.13. The van der Waals surface area contributed by atoms with Gasteiger partial charge in [-0.3, -0.25) is 0 Å². The standard InChI is InChI=1S/C24H18BrClSi/c25-19-14-16-23(17-15-19)27(21-9-3-1-4-10-21,22-11-5-2-6-12-22)24-13-7-8-20(26)18-24/h1-18H. The summed E-state index contributed by atoms with van der Waals surface area (Å²) in [5.41, 5.74) is 0. The van der Waals surface area contributed by atoms with E-state index in [1.165, 1.54) is 20.7 Å². The molecule has 132 valence electrons. The Morgan fingerprint density at radius 1 is 0.519 bits per heavy atom. The van der Waals surface area contributed by atoms with Crippen LogP contribution in [0.15, 0.2) is 114 Å². The van der Waals surface area contributed by atoms with Gasteiger partial charge in [0.2, 0.25) is 0 Å². The van der Waals surface area contributed by atoms with Gasteiger partial charge in [-0.15, -0.1) is 0 Å². The molecule has 0 bridgehead atoms. The van der Waals surface area contributed by atoms with Gasteiger partial charge in [-0.05, 0) is 45.0 Å². The first-order valence-corrected chi connectivity index (χ1v) is 12.0. The Balaban J connectivity index is 2.13. The first-order valence-electron chi connectivity index (χ1n) is 8.84. The largest absolute Gasteiger partial charge is 0.179 e. The fraction of sp³-hybridized carbons (Fsp3) is 0. The van der Waals surface area contributed by atoms with Crippen LogP contribution in [0, 0.1) is 0 Å². The van der Waals surface area contributed by atoms with Crippen molar-refractivity contribution in [3.8, 4) is 0 Å². The maximum absolute atomic E-state index is 6.45. The minimum Gasteiger partial charge on any atom is -0.0843 e. The summed E-state index contributed by atoms with van der Waals surface area (Å²) in [6.45, 7) is 0. The molecule has 0 atom stereocenters. The van der Waals surface area contributed by atoms with Gasteiger partial charge in [0.1, 0.15) is 0 Å². The zero-order valence-corrected chi connectivity index (χ0v) is 18.0. The van der Waals surface area contributed by atoms with Crippen LogP contribution < -0.4 is 20.7 Å². The van der Waals surface area contributed by atoms with E-state index in [4.69, 9.17) is 11.6 Å². The van der Waals surface area contributed by atoms with Gasteiger partial charge in [-0.2, -0.15) is 0 Å². The SMILES string of the molecule is Clc1cccc([Si](c2ccccc2)(c2ccccc2)c2ccc(Br)cc2)c1. The number of halogens is 2. The summed E-state index contributed by atoms with van der Waals surface area (Å²) in [6, 6.07) is 38.8. The average Bonchev–Trinajstić information content (AvgIpc) is 2.72. The fourth-order valence-corrected chi connectivity index (χ4v) is 9.11. The molecule has 0 aliphatic rings. The quantitative estimate of drug-likeness (QED) is 0.318. The van der Waals surface area contributed by atoms with Crippen LogP contribution in [0.5, 0.6) is 0 Å². The van der Waals surface area contributed by atoms with Gasteiger partial charge in [0.15, 0.2) is 8.07 Å². The van der Waals surface area contributed by atoms with Crippen LogP contribution in [0.3, 0.4) is 0 Å². The summed E-state index contributed by atoms with van der Waals surface area (Å²) < 4.78 is 1.08. The first kappa shape index (κ1) is 18.2. The predicted molar refractivity (Wildman–Crippen MR) is 123 cm³/mol. The molecule has 4 aromatic carbocycles. The normalized spacial score (nSPS) is 11.3. The second-order valence-corrected chi connectivity index (χ2v) is 11.7. The molecule has 4 aromatic rings. The highest BCUT2D eigenvalue weighted by Gasteiger charge is 2.41. The van der Waals surface area contributed by atoms with Gasteiger partial charge >= 0.3 is 0 Å².